The number of rotatable bonds is 5. The lowest BCUT2D eigenvalue weighted by Gasteiger charge is -2.19. The van der Waals surface area contributed by atoms with Gasteiger partial charge in [-0.2, -0.15) is 0 Å². The molecule has 0 aromatic heterocycles. The molecule has 1 unspecified atom stereocenters. The average Bonchev–Trinajstić information content (AvgIpc) is 2.46. The van der Waals surface area contributed by atoms with Gasteiger partial charge in [-0.25, -0.2) is 0 Å². The minimum atomic E-state index is -0.570. The first-order chi connectivity index (χ1) is 10.5. The van der Waals surface area contributed by atoms with Gasteiger partial charge in [0.1, 0.15) is 0 Å². The topological polar surface area (TPSA) is 26.3 Å². The van der Waals surface area contributed by atoms with Crippen LogP contribution in [-0.2, 0) is 16.0 Å². The Morgan fingerprint density at radius 1 is 1.09 bits per heavy atom. The quantitative estimate of drug-likeness (QED) is 0.657. The molecule has 0 saturated heterocycles. The Morgan fingerprint density at radius 3 is 2.23 bits per heavy atom. The first-order valence-electron chi connectivity index (χ1n) is 6.88. The van der Waals surface area contributed by atoms with Crippen molar-refractivity contribution in [1.82, 2.24) is 0 Å². The van der Waals surface area contributed by atoms with Crippen molar-refractivity contribution in [3.63, 3.8) is 0 Å². The van der Waals surface area contributed by atoms with Crippen molar-refractivity contribution in [2.24, 2.45) is 0 Å². The van der Waals surface area contributed by atoms with Crippen LogP contribution < -0.4 is 0 Å². The Bertz CT molecular complexity index is 633. The van der Waals surface area contributed by atoms with Crippen molar-refractivity contribution >= 4 is 40.8 Å². The van der Waals surface area contributed by atoms with E-state index in [1.165, 1.54) is 0 Å². The summed E-state index contributed by atoms with van der Waals surface area (Å²) in [5.41, 5.74) is 1.55. The number of esters is 1. The summed E-state index contributed by atoms with van der Waals surface area (Å²) in [6, 6.07) is 12.8. The van der Waals surface area contributed by atoms with Crippen molar-refractivity contribution in [3.05, 3.63) is 68.7 Å². The highest BCUT2D eigenvalue weighted by Gasteiger charge is 2.27. The smallest absolute Gasteiger partial charge is 0.313 e. The monoisotopic (exact) mass is 356 g/mol. The maximum absolute atomic E-state index is 12.4. The first kappa shape index (κ1) is 17.1. The molecule has 22 heavy (non-hydrogen) atoms. The standard InChI is InChI=1S/C17H15Cl3O2/c1-2-22-17(21)13(8-11-6-4-3-5-7-11)16-14(19)9-12(18)10-15(16)20/h3-7,9-10,13H,2,8H2,1H3. The van der Waals surface area contributed by atoms with Crippen LogP contribution >= 0.6 is 34.8 Å². The Balaban J connectivity index is 2.43. The van der Waals surface area contributed by atoms with E-state index >= 15 is 0 Å². The molecule has 0 heterocycles. The normalized spacial score (nSPS) is 12.0. The van der Waals surface area contributed by atoms with Gasteiger partial charge in [-0.05, 0) is 31.0 Å². The molecule has 0 amide bonds. The molecule has 2 rings (SSSR count). The summed E-state index contributed by atoms with van der Waals surface area (Å²) in [6.45, 7) is 2.06. The number of hydrogen-bond donors (Lipinski definition) is 0. The molecule has 116 valence electrons. The average molecular weight is 358 g/mol. The summed E-state index contributed by atoms with van der Waals surface area (Å²) in [5.74, 6) is -0.919. The molecule has 0 N–H and O–H groups in total. The Hall–Kier alpha value is -1.22. The molecule has 0 aliphatic rings. The molecule has 2 aromatic carbocycles. The van der Waals surface area contributed by atoms with Crippen molar-refractivity contribution in [2.75, 3.05) is 6.61 Å². The number of ether oxygens (including phenoxy) is 1. The van der Waals surface area contributed by atoms with Crippen LogP contribution in [0.2, 0.25) is 15.1 Å². The van der Waals surface area contributed by atoms with Crippen LogP contribution in [0.3, 0.4) is 0 Å². The van der Waals surface area contributed by atoms with Gasteiger partial charge in [-0.15, -0.1) is 0 Å². The number of carbonyl (C=O) groups is 1. The van der Waals surface area contributed by atoms with Crippen LogP contribution in [0, 0.1) is 0 Å². The van der Waals surface area contributed by atoms with Crippen LogP contribution in [0.5, 0.6) is 0 Å². The Morgan fingerprint density at radius 2 is 1.68 bits per heavy atom. The predicted octanol–water partition coefficient (Wildman–Crippen LogP) is 5.54. The van der Waals surface area contributed by atoms with Gasteiger partial charge in [0.15, 0.2) is 0 Å². The fourth-order valence-corrected chi connectivity index (χ4v) is 3.36. The lowest BCUT2D eigenvalue weighted by molar-refractivity contribution is -0.144. The fraction of sp³-hybridized carbons (Fsp3) is 0.235. The molecule has 0 saturated carbocycles. The summed E-state index contributed by atoms with van der Waals surface area (Å²) in [5, 5.41) is 1.17. The van der Waals surface area contributed by atoms with Crippen LogP contribution in [0.15, 0.2) is 42.5 Å². The minimum Gasteiger partial charge on any atom is -0.466 e. The van der Waals surface area contributed by atoms with E-state index in [2.05, 4.69) is 0 Å². The van der Waals surface area contributed by atoms with Crippen LogP contribution in [-0.4, -0.2) is 12.6 Å². The summed E-state index contributed by atoms with van der Waals surface area (Å²) < 4.78 is 5.18. The van der Waals surface area contributed by atoms with Crippen LogP contribution in [0.1, 0.15) is 24.0 Å². The molecular formula is C17H15Cl3O2. The van der Waals surface area contributed by atoms with Gasteiger partial charge in [0.25, 0.3) is 0 Å². The number of benzene rings is 2. The highest BCUT2D eigenvalue weighted by atomic mass is 35.5. The third kappa shape index (κ3) is 4.16. The zero-order chi connectivity index (χ0) is 16.1. The molecule has 0 aliphatic heterocycles. The van der Waals surface area contributed by atoms with E-state index in [4.69, 9.17) is 39.5 Å². The van der Waals surface area contributed by atoms with Crippen molar-refractivity contribution < 1.29 is 9.53 Å². The predicted molar refractivity (Wildman–Crippen MR) is 91.0 cm³/mol. The van der Waals surface area contributed by atoms with Gasteiger partial charge in [0.2, 0.25) is 0 Å². The molecule has 5 heteroatoms. The molecule has 0 fully saturated rings. The van der Waals surface area contributed by atoms with Gasteiger partial charge in [0, 0.05) is 20.6 Å². The van der Waals surface area contributed by atoms with Crippen molar-refractivity contribution in [1.29, 1.82) is 0 Å². The summed E-state index contributed by atoms with van der Waals surface area (Å²) >= 11 is 18.5. The zero-order valence-corrected chi connectivity index (χ0v) is 14.3. The highest BCUT2D eigenvalue weighted by molar-refractivity contribution is 6.39. The summed E-state index contributed by atoms with van der Waals surface area (Å²) in [7, 11) is 0. The maximum atomic E-state index is 12.4. The summed E-state index contributed by atoms with van der Waals surface area (Å²) in [6.07, 6.45) is 0.459. The van der Waals surface area contributed by atoms with Gasteiger partial charge in [-0.1, -0.05) is 65.1 Å². The van der Waals surface area contributed by atoms with E-state index in [9.17, 15) is 4.79 Å². The van der Waals surface area contributed by atoms with Crippen LogP contribution in [0.4, 0.5) is 0 Å². The Labute approximate surface area is 144 Å². The molecule has 0 spiro atoms. The van der Waals surface area contributed by atoms with Gasteiger partial charge < -0.3 is 4.74 Å². The van der Waals surface area contributed by atoms with E-state index in [0.717, 1.165) is 5.56 Å². The minimum absolute atomic E-state index is 0.299. The third-order valence-corrected chi connectivity index (χ3v) is 4.09. The molecule has 1 atom stereocenters. The van der Waals surface area contributed by atoms with Gasteiger partial charge in [0.05, 0.1) is 12.5 Å². The maximum Gasteiger partial charge on any atom is 0.313 e. The van der Waals surface area contributed by atoms with Gasteiger partial charge >= 0.3 is 5.97 Å². The van der Waals surface area contributed by atoms with Crippen LogP contribution in [0.25, 0.3) is 0 Å². The van der Waals surface area contributed by atoms with E-state index in [1.54, 1.807) is 19.1 Å². The van der Waals surface area contributed by atoms with E-state index in [1.807, 2.05) is 30.3 Å². The SMILES string of the molecule is CCOC(=O)C(Cc1ccccc1)c1c(Cl)cc(Cl)cc1Cl. The first-order valence-corrected chi connectivity index (χ1v) is 8.01. The van der Waals surface area contributed by atoms with E-state index in [0.29, 0.717) is 33.7 Å². The number of halogens is 3. The molecule has 0 bridgehead atoms. The fourth-order valence-electron chi connectivity index (χ4n) is 2.28. The van der Waals surface area contributed by atoms with Gasteiger partial charge in [-0.3, -0.25) is 4.79 Å². The molecular weight excluding hydrogens is 343 g/mol. The second-order valence-electron chi connectivity index (χ2n) is 4.78. The molecule has 2 aromatic rings. The second kappa shape index (κ2) is 7.87. The van der Waals surface area contributed by atoms with E-state index < -0.39 is 5.92 Å². The molecule has 0 aliphatic carbocycles. The lowest BCUT2D eigenvalue weighted by atomic mass is 9.92. The van der Waals surface area contributed by atoms with Crippen molar-refractivity contribution in [3.8, 4) is 0 Å². The highest BCUT2D eigenvalue weighted by Crippen LogP contribution is 2.36. The summed E-state index contributed by atoms with van der Waals surface area (Å²) in [4.78, 5) is 12.4. The zero-order valence-electron chi connectivity index (χ0n) is 12.0. The molecule has 0 radical (unpaired) electrons. The Kier molecular flexibility index (Phi) is 6.13. The van der Waals surface area contributed by atoms with Crippen molar-refractivity contribution in [2.45, 2.75) is 19.3 Å². The lowest BCUT2D eigenvalue weighted by Crippen LogP contribution is -2.19. The number of carbonyl (C=O) groups excluding carboxylic acids is 1. The third-order valence-electron chi connectivity index (χ3n) is 3.25. The van der Waals surface area contributed by atoms with E-state index in [-0.39, 0.29) is 5.97 Å². The number of hydrogen-bond acceptors (Lipinski definition) is 2. The molecule has 2 nitrogen and oxygen atoms in total. The second-order valence-corrected chi connectivity index (χ2v) is 6.03. The largest absolute Gasteiger partial charge is 0.466 e.